The minimum absolute atomic E-state index is 0.116. The molecule has 20 heavy (non-hydrogen) atoms. The van der Waals surface area contributed by atoms with E-state index >= 15 is 0 Å². The van der Waals surface area contributed by atoms with E-state index in [1.165, 1.54) is 4.90 Å². The number of carbonyl (C=O) groups excluding carboxylic acids is 3. The fraction of sp³-hybridized carbons (Fsp3) is 0.438. The molecule has 0 unspecified atom stereocenters. The highest BCUT2D eigenvalue weighted by Gasteiger charge is 2.48. The van der Waals surface area contributed by atoms with Gasteiger partial charge in [-0.1, -0.05) is 43.2 Å². The Balaban J connectivity index is 1.76. The second-order valence-corrected chi connectivity index (χ2v) is 5.55. The summed E-state index contributed by atoms with van der Waals surface area (Å²) in [7, 11) is 0. The predicted molar refractivity (Wildman–Crippen MR) is 72.9 cm³/mol. The van der Waals surface area contributed by atoms with Crippen molar-refractivity contribution in [3.63, 3.8) is 0 Å². The Bertz CT molecular complexity index is 528. The summed E-state index contributed by atoms with van der Waals surface area (Å²) in [6, 6.07) is 8.81. The van der Waals surface area contributed by atoms with Gasteiger partial charge in [0.05, 0.1) is 18.4 Å². The van der Waals surface area contributed by atoms with Crippen LogP contribution in [0.1, 0.15) is 36.0 Å². The van der Waals surface area contributed by atoms with Crippen LogP contribution < -0.4 is 0 Å². The van der Waals surface area contributed by atoms with Crippen LogP contribution >= 0.6 is 0 Å². The smallest absolute Gasteiger partial charge is 0.233 e. The molecule has 1 saturated heterocycles. The van der Waals surface area contributed by atoms with Crippen molar-refractivity contribution in [2.45, 2.75) is 25.7 Å². The maximum absolute atomic E-state index is 12.3. The number of imide groups is 1. The molecule has 4 nitrogen and oxygen atoms in total. The first-order chi connectivity index (χ1) is 9.68. The van der Waals surface area contributed by atoms with Gasteiger partial charge in [0.1, 0.15) is 0 Å². The zero-order chi connectivity index (χ0) is 14.1. The second kappa shape index (κ2) is 5.19. The van der Waals surface area contributed by atoms with Crippen molar-refractivity contribution >= 4 is 17.6 Å². The molecule has 2 fully saturated rings. The number of carbonyl (C=O) groups is 3. The van der Waals surface area contributed by atoms with Gasteiger partial charge in [-0.3, -0.25) is 19.3 Å². The normalized spacial score (nSPS) is 25.7. The highest BCUT2D eigenvalue weighted by Crippen LogP contribution is 2.37. The maximum atomic E-state index is 12.3. The van der Waals surface area contributed by atoms with E-state index in [0.717, 1.165) is 25.7 Å². The van der Waals surface area contributed by atoms with Crippen LogP contribution in [0.5, 0.6) is 0 Å². The Morgan fingerprint density at radius 1 is 1.00 bits per heavy atom. The Morgan fingerprint density at radius 2 is 1.55 bits per heavy atom. The average Bonchev–Trinajstić information content (AvgIpc) is 2.74. The minimum Gasteiger partial charge on any atom is -0.292 e. The summed E-state index contributed by atoms with van der Waals surface area (Å²) in [5.41, 5.74) is 0.544. The number of hydrogen-bond acceptors (Lipinski definition) is 3. The summed E-state index contributed by atoms with van der Waals surface area (Å²) < 4.78 is 0. The molecule has 0 aromatic heterocycles. The molecule has 1 aliphatic heterocycles. The standard InChI is InChI=1S/C16H17NO3/c18-14(11-6-2-1-3-7-11)10-17-15(19)12-8-4-5-9-13(12)16(17)20/h1-3,6-7,12-13H,4-5,8-10H2/t12-,13+. The van der Waals surface area contributed by atoms with Gasteiger partial charge < -0.3 is 0 Å². The predicted octanol–water partition coefficient (Wildman–Crippen LogP) is 2.04. The summed E-state index contributed by atoms with van der Waals surface area (Å²) in [6.45, 7) is -0.116. The molecule has 1 saturated carbocycles. The van der Waals surface area contributed by atoms with Crippen LogP contribution in [0.2, 0.25) is 0 Å². The number of likely N-dealkylation sites (tertiary alicyclic amines) is 1. The molecule has 0 spiro atoms. The number of amides is 2. The molecule has 1 aliphatic carbocycles. The number of fused-ring (bicyclic) bond motifs is 1. The van der Waals surface area contributed by atoms with E-state index in [4.69, 9.17) is 0 Å². The molecule has 2 amide bonds. The lowest BCUT2D eigenvalue weighted by Gasteiger charge is -2.19. The number of Topliss-reactive ketones (excluding diaryl/α,β-unsaturated/α-hetero) is 1. The van der Waals surface area contributed by atoms with Gasteiger partial charge in [0.2, 0.25) is 11.8 Å². The number of nitrogens with zero attached hydrogens (tertiary/aromatic N) is 1. The summed E-state index contributed by atoms with van der Waals surface area (Å²) in [6.07, 6.45) is 3.57. The van der Waals surface area contributed by atoms with Gasteiger partial charge in [-0.25, -0.2) is 0 Å². The van der Waals surface area contributed by atoms with E-state index in [0.29, 0.717) is 5.56 Å². The van der Waals surface area contributed by atoms with Gasteiger partial charge in [0.25, 0.3) is 0 Å². The van der Waals surface area contributed by atoms with Crippen molar-refractivity contribution in [2.75, 3.05) is 6.54 Å². The van der Waals surface area contributed by atoms with Crippen LogP contribution in [-0.4, -0.2) is 29.0 Å². The van der Waals surface area contributed by atoms with Crippen molar-refractivity contribution in [3.8, 4) is 0 Å². The zero-order valence-electron chi connectivity index (χ0n) is 11.2. The first-order valence-corrected chi connectivity index (χ1v) is 7.12. The van der Waals surface area contributed by atoms with Crippen LogP contribution in [0.25, 0.3) is 0 Å². The van der Waals surface area contributed by atoms with Crippen molar-refractivity contribution in [1.29, 1.82) is 0 Å². The average molecular weight is 271 g/mol. The number of rotatable bonds is 3. The molecule has 1 aromatic carbocycles. The number of ketones is 1. The van der Waals surface area contributed by atoms with Gasteiger partial charge in [0, 0.05) is 5.56 Å². The molecule has 1 heterocycles. The lowest BCUT2D eigenvalue weighted by atomic mass is 9.81. The molecule has 1 aromatic rings. The minimum atomic E-state index is -0.181. The molecule has 0 N–H and O–H groups in total. The van der Waals surface area contributed by atoms with Gasteiger partial charge in [0.15, 0.2) is 5.78 Å². The Labute approximate surface area is 117 Å². The Hall–Kier alpha value is -1.97. The van der Waals surface area contributed by atoms with Crippen LogP contribution in [-0.2, 0) is 9.59 Å². The van der Waals surface area contributed by atoms with E-state index in [2.05, 4.69) is 0 Å². The summed E-state index contributed by atoms with van der Waals surface area (Å²) in [4.78, 5) is 37.9. The molecule has 0 radical (unpaired) electrons. The third-order valence-corrected chi connectivity index (χ3v) is 4.33. The Morgan fingerprint density at radius 3 is 2.10 bits per heavy atom. The van der Waals surface area contributed by atoms with Crippen molar-refractivity contribution in [1.82, 2.24) is 4.90 Å². The first kappa shape index (κ1) is 13.0. The van der Waals surface area contributed by atoms with Crippen LogP contribution in [0.15, 0.2) is 30.3 Å². The molecule has 2 aliphatic rings. The van der Waals surface area contributed by atoms with E-state index in [-0.39, 0.29) is 36.0 Å². The second-order valence-electron chi connectivity index (χ2n) is 5.55. The fourth-order valence-electron chi connectivity index (χ4n) is 3.25. The molecule has 104 valence electrons. The van der Waals surface area contributed by atoms with Gasteiger partial charge >= 0.3 is 0 Å². The topological polar surface area (TPSA) is 54.5 Å². The van der Waals surface area contributed by atoms with E-state index in [1.807, 2.05) is 6.07 Å². The lowest BCUT2D eigenvalue weighted by Crippen LogP contribution is -2.35. The molecule has 2 atom stereocenters. The molecule has 3 rings (SSSR count). The molecular formula is C16H17NO3. The van der Waals surface area contributed by atoms with Gasteiger partial charge in [-0.2, -0.15) is 0 Å². The SMILES string of the molecule is O=C(CN1C(=O)[C@H]2CCCC[C@H]2C1=O)c1ccccc1. The van der Waals surface area contributed by atoms with Crippen LogP contribution in [0.3, 0.4) is 0 Å². The van der Waals surface area contributed by atoms with Crippen molar-refractivity contribution < 1.29 is 14.4 Å². The fourth-order valence-corrected chi connectivity index (χ4v) is 3.25. The quantitative estimate of drug-likeness (QED) is 0.624. The third-order valence-electron chi connectivity index (χ3n) is 4.33. The summed E-state index contributed by atoms with van der Waals surface area (Å²) in [5.74, 6) is -0.835. The highest BCUT2D eigenvalue weighted by molar-refractivity contribution is 6.09. The largest absolute Gasteiger partial charge is 0.292 e. The third kappa shape index (κ3) is 2.15. The molecule has 0 bridgehead atoms. The van der Waals surface area contributed by atoms with Crippen molar-refractivity contribution in [3.05, 3.63) is 35.9 Å². The summed E-state index contributed by atoms with van der Waals surface area (Å²) >= 11 is 0. The zero-order valence-corrected chi connectivity index (χ0v) is 11.2. The van der Waals surface area contributed by atoms with Crippen LogP contribution in [0.4, 0.5) is 0 Å². The van der Waals surface area contributed by atoms with E-state index in [1.54, 1.807) is 24.3 Å². The summed E-state index contributed by atoms with van der Waals surface area (Å²) in [5, 5.41) is 0. The lowest BCUT2D eigenvalue weighted by molar-refractivity contribution is -0.139. The van der Waals surface area contributed by atoms with Gasteiger partial charge in [-0.15, -0.1) is 0 Å². The molecule has 4 heteroatoms. The maximum Gasteiger partial charge on any atom is 0.233 e. The van der Waals surface area contributed by atoms with E-state index < -0.39 is 0 Å². The van der Waals surface area contributed by atoms with Crippen LogP contribution in [0, 0.1) is 11.8 Å². The van der Waals surface area contributed by atoms with Gasteiger partial charge in [-0.05, 0) is 12.8 Å². The Kier molecular flexibility index (Phi) is 3.38. The van der Waals surface area contributed by atoms with Crippen molar-refractivity contribution in [2.24, 2.45) is 11.8 Å². The number of hydrogen-bond donors (Lipinski definition) is 0. The first-order valence-electron chi connectivity index (χ1n) is 7.12. The monoisotopic (exact) mass is 271 g/mol. The molecular weight excluding hydrogens is 254 g/mol. The number of benzene rings is 1. The highest BCUT2D eigenvalue weighted by atomic mass is 16.2. The van der Waals surface area contributed by atoms with E-state index in [9.17, 15) is 14.4 Å².